The molecule has 1 atom stereocenters. The molecule has 0 heterocycles. The fourth-order valence-electron chi connectivity index (χ4n) is 0.893. The Morgan fingerprint density at radius 1 is 1.42 bits per heavy atom. The van der Waals surface area contributed by atoms with Crippen LogP contribution in [0.25, 0.3) is 0 Å². The lowest BCUT2D eigenvalue weighted by atomic mass is 10.1. The number of hydrogen-bond donors (Lipinski definition) is 1. The SMILES string of the molecule is C[C@@H](N)c1ccc(F)c(Br)c1F. The maximum atomic E-state index is 13.1. The molecule has 0 aliphatic rings. The van der Waals surface area contributed by atoms with Gasteiger partial charge < -0.3 is 5.73 Å². The van der Waals surface area contributed by atoms with Gasteiger partial charge >= 0.3 is 0 Å². The molecule has 0 aromatic heterocycles. The first-order valence-electron chi connectivity index (χ1n) is 3.43. The van der Waals surface area contributed by atoms with Crippen molar-refractivity contribution in [3.05, 3.63) is 33.8 Å². The van der Waals surface area contributed by atoms with E-state index in [-0.39, 0.29) is 4.47 Å². The van der Waals surface area contributed by atoms with Gasteiger partial charge in [-0.25, -0.2) is 8.78 Å². The quantitative estimate of drug-likeness (QED) is 0.745. The molecular weight excluding hydrogens is 228 g/mol. The molecule has 0 unspecified atom stereocenters. The van der Waals surface area contributed by atoms with Gasteiger partial charge in [0, 0.05) is 11.6 Å². The topological polar surface area (TPSA) is 26.0 Å². The Morgan fingerprint density at radius 3 is 2.50 bits per heavy atom. The monoisotopic (exact) mass is 235 g/mol. The summed E-state index contributed by atoms with van der Waals surface area (Å²) in [6, 6.07) is 2.10. The summed E-state index contributed by atoms with van der Waals surface area (Å²) >= 11 is 2.79. The molecule has 0 saturated heterocycles. The van der Waals surface area contributed by atoms with E-state index in [9.17, 15) is 8.78 Å². The first kappa shape index (κ1) is 9.61. The Morgan fingerprint density at radius 2 is 2.00 bits per heavy atom. The van der Waals surface area contributed by atoms with Crippen LogP contribution in [0.1, 0.15) is 18.5 Å². The Labute approximate surface area is 77.7 Å². The lowest BCUT2D eigenvalue weighted by molar-refractivity contribution is 0.551. The van der Waals surface area contributed by atoms with Crippen molar-refractivity contribution in [1.82, 2.24) is 0 Å². The van der Waals surface area contributed by atoms with Crippen molar-refractivity contribution in [3.8, 4) is 0 Å². The number of hydrogen-bond acceptors (Lipinski definition) is 1. The molecule has 0 aliphatic heterocycles. The predicted octanol–water partition coefficient (Wildman–Crippen LogP) is 2.75. The highest BCUT2D eigenvalue weighted by molar-refractivity contribution is 9.10. The van der Waals surface area contributed by atoms with Crippen molar-refractivity contribution >= 4 is 15.9 Å². The molecule has 0 fully saturated rings. The Kier molecular flexibility index (Phi) is 2.80. The van der Waals surface area contributed by atoms with Gasteiger partial charge in [0.05, 0.1) is 4.47 Å². The molecule has 0 aliphatic carbocycles. The third kappa shape index (κ3) is 1.64. The van der Waals surface area contributed by atoms with Crippen LogP contribution in [0, 0.1) is 11.6 Å². The summed E-state index contributed by atoms with van der Waals surface area (Å²) < 4.78 is 25.7. The largest absolute Gasteiger partial charge is 0.324 e. The lowest BCUT2D eigenvalue weighted by Crippen LogP contribution is -2.08. The van der Waals surface area contributed by atoms with E-state index >= 15 is 0 Å². The van der Waals surface area contributed by atoms with E-state index in [4.69, 9.17) is 5.73 Å². The van der Waals surface area contributed by atoms with Crippen molar-refractivity contribution in [2.24, 2.45) is 5.73 Å². The van der Waals surface area contributed by atoms with Crippen LogP contribution in [-0.4, -0.2) is 0 Å². The van der Waals surface area contributed by atoms with Gasteiger partial charge in [-0.05, 0) is 28.9 Å². The first-order valence-corrected chi connectivity index (χ1v) is 4.22. The molecule has 1 aromatic rings. The lowest BCUT2D eigenvalue weighted by Gasteiger charge is -2.08. The first-order chi connectivity index (χ1) is 5.54. The zero-order valence-corrected chi connectivity index (χ0v) is 8.03. The number of rotatable bonds is 1. The second-order valence-corrected chi connectivity index (χ2v) is 3.35. The van der Waals surface area contributed by atoms with Crippen molar-refractivity contribution in [2.45, 2.75) is 13.0 Å². The molecule has 0 radical (unpaired) electrons. The highest BCUT2D eigenvalue weighted by Gasteiger charge is 2.13. The molecule has 1 aromatic carbocycles. The van der Waals surface area contributed by atoms with Crippen molar-refractivity contribution in [3.63, 3.8) is 0 Å². The third-order valence-corrected chi connectivity index (χ3v) is 2.28. The van der Waals surface area contributed by atoms with E-state index in [0.717, 1.165) is 0 Å². The fraction of sp³-hybridized carbons (Fsp3) is 0.250. The van der Waals surface area contributed by atoms with E-state index in [1.807, 2.05) is 0 Å². The van der Waals surface area contributed by atoms with Gasteiger partial charge in [-0.2, -0.15) is 0 Å². The molecule has 66 valence electrons. The summed E-state index contributed by atoms with van der Waals surface area (Å²) in [6.45, 7) is 1.64. The zero-order valence-electron chi connectivity index (χ0n) is 6.44. The van der Waals surface area contributed by atoms with E-state index in [1.165, 1.54) is 12.1 Å². The Bertz CT molecular complexity index is 299. The van der Waals surface area contributed by atoms with E-state index < -0.39 is 17.7 Å². The van der Waals surface area contributed by atoms with Crippen LogP contribution in [0.4, 0.5) is 8.78 Å². The maximum absolute atomic E-state index is 13.1. The summed E-state index contributed by atoms with van der Waals surface area (Å²) in [5.41, 5.74) is 5.76. The molecule has 1 nitrogen and oxygen atoms in total. The molecule has 0 bridgehead atoms. The number of nitrogens with two attached hydrogens (primary N) is 1. The summed E-state index contributed by atoms with van der Waals surface area (Å²) in [7, 11) is 0. The van der Waals surface area contributed by atoms with Crippen LogP contribution in [0.2, 0.25) is 0 Å². The minimum absolute atomic E-state index is 0.155. The van der Waals surface area contributed by atoms with Gasteiger partial charge in [0.2, 0.25) is 0 Å². The second kappa shape index (κ2) is 3.49. The molecular formula is C8H8BrF2N. The fourth-order valence-corrected chi connectivity index (χ4v) is 1.25. The van der Waals surface area contributed by atoms with Crippen LogP contribution < -0.4 is 5.73 Å². The van der Waals surface area contributed by atoms with Crippen LogP contribution >= 0.6 is 15.9 Å². The van der Waals surface area contributed by atoms with Crippen LogP contribution in [-0.2, 0) is 0 Å². The number of benzene rings is 1. The van der Waals surface area contributed by atoms with Gasteiger partial charge in [0.25, 0.3) is 0 Å². The standard InChI is InChI=1S/C8H8BrF2N/c1-4(12)5-2-3-6(10)7(9)8(5)11/h2-4H,12H2,1H3/t4-/m1/s1. The Balaban J connectivity index is 3.27. The van der Waals surface area contributed by atoms with E-state index in [2.05, 4.69) is 15.9 Å². The molecule has 0 amide bonds. The third-order valence-electron chi connectivity index (χ3n) is 1.56. The Hall–Kier alpha value is -0.480. The zero-order chi connectivity index (χ0) is 9.30. The second-order valence-electron chi connectivity index (χ2n) is 2.55. The van der Waals surface area contributed by atoms with Gasteiger partial charge in [-0.1, -0.05) is 6.07 Å². The summed E-state index contributed by atoms with van der Waals surface area (Å²) in [6.07, 6.45) is 0. The summed E-state index contributed by atoms with van der Waals surface area (Å²) in [4.78, 5) is 0. The molecule has 12 heavy (non-hydrogen) atoms. The van der Waals surface area contributed by atoms with Crippen LogP contribution in [0.15, 0.2) is 16.6 Å². The van der Waals surface area contributed by atoms with E-state index in [1.54, 1.807) is 6.92 Å². The van der Waals surface area contributed by atoms with Gasteiger partial charge in [-0.15, -0.1) is 0 Å². The van der Waals surface area contributed by atoms with Crippen molar-refractivity contribution in [1.29, 1.82) is 0 Å². The normalized spacial score (nSPS) is 13.1. The maximum Gasteiger partial charge on any atom is 0.145 e. The smallest absolute Gasteiger partial charge is 0.145 e. The van der Waals surface area contributed by atoms with Crippen molar-refractivity contribution < 1.29 is 8.78 Å². The molecule has 0 saturated carbocycles. The molecule has 1 rings (SSSR count). The molecule has 4 heteroatoms. The average Bonchev–Trinajstić information content (AvgIpc) is 2.00. The molecule has 0 spiro atoms. The average molecular weight is 236 g/mol. The highest BCUT2D eigenvalue weighted by Crippen LogP contribution is 2.25. The van der Waals surface area contributed by atoms with Crippen molar-refractivity contribution in [2.75, 3.05) is 0 Å². The predicted molar refractivity (Wildman–Crippen MR) is 46.7 cm³/mol. The highest BCUT2D eigenvalue weighted by atomic mass is 79.9. The summed E-state index contributed by atoms with van der Waals surface area (Å²) in [5.74, 6) is -1.23. The minimum atomic E-state index is -0.620. The van der Waals surface area contributed by atoms with Gasteiger partial charge in [0.1, 0.15) is 11.6 Å². The van der Waals surface area contributed by atoms with Gasteiger partial charge in [0.15, 0.2) is 0 Å². The number of halogens is 3. The van der Waals surface area contributed by atoms with Crippen LogP contribution in [0.3, 0.4) is 0 Å². The summed E-state index contributed by atoms with van der Waals surface area (Å²) in [5, 5.41) is 0. The van der Waals surface area contributed by atoms with E-state index in [0.29, 0.717) is 5.56 Å². The minimum Gasteiger partial charge on any atom is -0.324 e. The van der Waals surface area contributed by atoms with Crippen LogP contribution in [0.5, 0.6) is 0 Å². The molecule has 2 N–H and O–H groups in total. The van der Waals surface area contributed by atoms with Gasteiger partial charge in [-0.3, -0.25) is 0 Å².